The number of hydrogen-bond acceptors (Lipinski definition) is 4. The number of halogens is 1. The van der Waals surface area contributed by atoms with Crippen molar-refractivity contribution in [2.45, 2.75) is 6.54 Å². The Bertz CT molecular complexity index is 850. The lowest BCUT2D eigenvalue weighted by Crippen LogP contribution is -2.30. The summed E-state index contributed by atoms with van der Waals surface area (Å²) < 4.78 is 20.6. The fourth-order valence-corrected chi connectivity index (χ4v) is 2.43. The molecule has 26 heavy (non-hydrogen) atoms. The molecule has 0 bridgehead atoms. The summed E-state index contributed by atoms with van der Waals surface area (Å²) in [5.74, 6) is -0.343. The predicted molar refractivity (Wildman–Crippen MR) is 94.4 cm³/mol. The third-order valence-electron chi connectivity index (χ3n) is 3.88. The average molecular weight is 354 g/mol. The summed E-state index contributed by atoms with van der Waals surface area (Å²) in [6, 6.07) is 13.5. The van der Waals surface area contributed by atoms with Crippen molar-refractivity contribution >= 4 is 5.91 Å². The van der Waals surface area contributed by atoms with E-state index in [4.69, 9.17) is 4.74 Å². The molecule has 0 aliphatic rings. The molecule has 1 heterocycles. The van der Waals surface area contributed by atoms with Gasteiger partial charge in [-0.1, -0.05) is 24.3 Å². The van der Waals surface area contributed by atoms with Gasteiger partial charge in [0.05, 0.1) is 13.1 Å². The van der Waals surface area contributed by atoms with Crippen LogP contribution < -0.4 is 4.74 Å². The van der Waals surface area contributed by atoms with Crippen LogP contribution in [0.1, 0.15) is 15.9 Å². The van der Waals surface area contributed by atoms with E-state index in [2.05, 4.69) is 10.1 Å². The highest BCUT2D eigenvalue weighted by Crippen LogP contribution is 2.15. The van der Waals surface area contributed by atoms with E-state index in [1.807, 2.05) is 12.1 Å². The Labute approximate surface area is 150 Å². The zero-order valence-corrected chi connectivity index (χ0v) is 14.4. The zero-order valence-electron chi connectivity index (χ0n) is 14.4. The number of para-hydroxylation sites is 1. The van der Waals surface area contributed by atoms with Crippen molar-refractivity contribution in [3.8, 4) is 5.75 Å². The molecule has 0 N–H and O–H groups in total. The van der Waals surface area contributed by atoms with Gasteiger partial charge in [-0.3, -0.25) is 4.79 Å². The van der Waals surface area contributed by atoms with E-state index < -0.39 is 5.82 Å². The van der Waals surface area contributed by atoms with Crippen LogP contribution in [0.2, 0.25) is 0 Å². The number of rotatable bonds is 7. The maximum absolute atomic E-state index is 13.5. The Morgan fingerprint density at radius 3 is 2.65 bits per heavy atom. The summed E-state index contributed by atoms with van der Waals surface area (Å²) in [7, 11) is 1.69. The number of carbonyl (C=O) groups is 1. The highest BCUT2D eigenvalue weighted by Gasteiger charge is 2.12. The smallest absolute Gasteiger partial charge is 0.253 e. The predicted octanol–water partition coefficient (Wildman–Crippen LogP) is 2.62. The first-order chi connectivity index (χ1) is 12.6. The van der Waals surface area contributed by atoms with Crippen molar-refractivity contribution in [3.05, 3.63) is 78.1 Å². The summed E-state index contributed by atoms with van der Waals surface area (Å²) >= 11 is 0. The minimum atomic E-state index is -0.413. The first-order valence-corrected chi connectivity index (χ1v) is 8.17. The lowest BCUT2D eigenvalue weighted by molar-refractivity contribution is 0.0773. The fraction of sp³-hybridized carbons (Fsp3) is 0.211. The van der Waals surface area contributed by atoms with Crippen molar-refractivity contribution in [2.75, 3.05) is 20.2 Å². The van der Waals surface area contributed by atoms with Crippen LogP contribution in [-0.2, 0) is 6.54 Å². The molecule has 1 amide bonds. The van der Waals surface area contributed by atoms with Crippen molar-refractivity contribution < 1.29 is 13.9 Å². The number of carbonyl (C=O) groups excluding carboxylic acids is 1. The molecule has 7 heteroatoms. The van der Waals surface area contributed by atoms with E-state index in [0.29, 0.717) is 18.7 Å². The molecule has 3 aromatic rings. The number of nitrogens with zero attached hydrogens (tertiary/aromatic N) is 4. The van der Waals surface area contributed by atoms with Crippen LogP contribution in [-0.4, -0.2) is 45.8 Å². The Balaban J connectivity index is 1.52. The molecule has 0 aliphatic carbocycles. The summed E-state index contributed by atoms with van der Waals surface area (Å²) in [5.41, 5.74) is 1.61. The molecular weight excluding hydrogens is 335 g/mol. The molecule has 0 fully saturated rings. The SMILES string of the molecule is CN(CCOc1ccccc1F)C(=O)c1ccc(Cn2cncn2)cc1. The Kier molecular flexibility index (Phi) is 5.58. The van der Waals surface area contributed by atoms with Crippen molar-refractivity contribution in [2.24, 2.45) is 0 Å². The van der Waals surface area contributed by atoms with Crippen LogP contribution in [0.15, 0.2) is 61.2 Å². The molecule has 0 saturated carbocycles. The lowest BCUT2D eigenvalue weighted by Gasteiger charge is -2.18. The second-order valence-corrected chi connectivity index (χ2v) is 5.80. The average Bonchev–Trinajstić information content (AvgIpc) is 3.16. The quantitative estimate of drug-likeness (QED) is 0.654. The van der Waals surface area contributed by atoms with E-state index in [1.54, 1.807) is 53.3 Å². The third-order valence-corrected chi connectivity index (χ3v) is 3.88. The molecule has 6 nitrogen and oxygen atoms in total. The van der Waals surface area contributed by atoms with Gasteiger partial charge in [-0.15, -0.1) is 0 Å². The molecule has 1 aromatic heterocycles. The van der Waals surface area contributed by atoms with E-state index in [9.17, 15) is 9.18 Å². The van der Waals surface area contributed by atoms with E-state index in [0.717, 1.165) is 5.56 Å². The van der Waals surface area contributed by atoms with Gasteiger partial charge in [-0.2, -0.15) is 5.10 Å². The van der Waals surface area contributed by atoms with Crippen LogP contribution >= 0.6 is 0 Å². The normalized spacial score (nSPS) is 10.5. The highest BCUT2D eigenvalue weighted by molar-refractivity contribution is 5.94. The van der Waals surface area contributed by atoms with Gasteiger partial charge in [0.15, 0.2) is 11.6 Å². The standard InChI is InChI=1S/C19H19FN4O2/c1-23(10-11-26-18-5-3-2-4-17(18)20)19(25)16-8-6-15(7-9-16)12-24-14-21-13-22-24/h2-9,13-14H,10-12H2,1H3. The van der Waals surface area contributed by atoms with Gasteiger partial charge in [-0.05, 0) is 29.8 Å². The number of hydrogen-bond donors (Lipinski definition) is 0. The molecule has 3 rings (SSSR count). The van der Waals surface area contributed by atoms with Crippen molar-refractivity contribution in [1.82, 2.24) is 19.7 Å². The minimum Gasteiger partial charge on any atom is -0.489 e. The molecule has 0 saturated heterocycles. The van der Waals surface area contributed by atoms with Crippen molar-refractivity contribution in [1.29, 1.82) is 0 Å². The van der Waals surface area contributed by atoms with Gasteiger partial charge in [0.2, 0.25) is 0 Å². The molecule has 0 spiro atoms. The van der Waals surface area contributed by atoms with Crippen LogP contribution in [0.5, 0.6) is 5.75 Å². The topological polar surface area (TPSA) is 60.2 Å². The Morgan fingerprint density at radius 1 is 1.19 bits per heavy atom. The minimum absolute atomic E-state index is 0.116. The molecule has 0 atom stereocenters. The summed E-state index contributed by atoms with van der Waals surface area (Å²) in [6.07, 6.45) is 3.12. The first-order valence-electron chi connectivity index (χ1n) is 8.17. The lowest BCUT2D eigenvalue weighted by atomic mass is 10.1. The molecule has 0 aliphatic heterocycles. The maximum atomic E-state index is 13.5. The number of aromatic nitrogens is 3. The monoisotopic (exact) mass is 354 g/mol. The molecule has 2 aromatic carbocycles. The fourth-order valence-electron chi connectivity index (χ4n) is 2.43. The molecule has 0 unspecified atom stereocenters. The van der Waals surface area contributed by atoms with E-state index in [-0.39, 0.29) is 18.3 Å². The van der Waals surface area contributed by atoms with Crippen LogP contribution in [0.3, 0.4) is 0 Å². The second kappa shape index (κ2) is 8.24. The van der Waals surface area contributed by atoms with Crippen LogP contribution in [0.25, 0.3) is 0 Å². The zero-order chi connectivity index (χ0) is 18.4. The summed E-state index contributed by atoms with van der Waals surface area (Å²) in [4.78, 5) is 17.9. The number of likely N-dealkylation sites (N-methyl/N-ethyl adjacent to an activating group) is 1. The van der Waals surface area contributed by atoms with Gasteiger partial charge >= 0.3 is 0 Å². The number of benzene rings is 2. The van der Waals surface area contributed by atoms with Gasteiger partial charge in [-0.25, -0.2) is 14.1 Å². The number of ether oxygens (including phenoxy) is 1. The summed E-state index contributed by atoms with van der Waals surface area (Å²) in [6.45, 7) is 1.17. The maximum Gasteiger partial charge on any atom is 0.253 e. The van der Waals surface area contributed by atoms with E-state index in [1.165, 1.54) is 12.4 Å². The summed E-state index contributed by atoms with van der Waals surface area (Å²) in [5, 5.41) is 4.05. The third kappa shape index (κ3) is 4.44. The number of amides is 1. The first kappa shape index (κ1) is 17.6. The molecule has 0 radical (unpaired) electrons. The molecular formula is C19H19FN4O2. The van der Waals surface area contributed by atoms with E-state index >= 15 is 0 Å². The van der Waals surface area contributed by atoms with Gasteiger partial charge in [0, 0.05) is 12.6 Å². The van der Waals surface area contributed by atoms with Gasteiger partial charge in [0.25, 0.3) is 5.91 Å². The van der Waals surface area contributed by atoms with Gasteiger partial charge < -0.3 is 9.64 Å². The largest absolute Gasteiger partial charge is 0.489 e. The van der Waals surface area contributed by atoms with Crippen LogP contribution in [0, 0.1) is 5.82 Å². The highest BCUT2D eigenvalue weighted by atomic mass is 19.1. The van der Waals surface area contributed by atoms with Crippen molar-refractivity contribution in [3.63, 3.8) is 0 Å². The molecule has 134 valence electrons. The second-order valence-electron chi connectivity index (χ2n) is 5.80. The van der Waals surface area contributed by atoms with Crippen LogP contribution in [0.4, 0.5) is 4.39 Å². The van der Waals surface area contributed by atoms with Gasteiger partial charge in [0.1, 0.15) is 19.3 Å². The Hall–Kier alpha value is -3.22. The Morgan fingerprint density at radius 2 is 1.96 bits per heavy atom.